The van der Waals surface area contributed by atoms with Gasteiger partial charge in [0.2, 0.25) is 0 Å². The first-order chi connectivity index (χ1) is 11.9. The second kappa shape index (κ2) is 9.79. The van der Waals surface area contributed by atoms with Gasteiger partial charge in [-0.1, -0.05) is 36.4 Å². The second-order valence-corrected chi connectivity index (χ2v) is 5.93. The number of methoxy groups -OCH3 is 1. The fourth-order valence-electron chi connectivity index (χ4n) is 2.43. The first kappa shape index (κ1) is 21.5. The highest BCUT2D eigenvalue weighted by Gasteiger charge is 2.19. The molecule has 0 aromatic heterocycles. The van der Waals surface area contributed by atoms with Crippen molar-refractivity contribution in [1.82, 2.24) is 5.32 Å². The first-order valence-electron chi connectivity index (χ1n) is 7.93. The largest absolute Gasteiger partial charge is 0.384 e. The van der Waals surface area contributed by atoms with Gasteiger partial charge in [-0.15, -0.1) is 12.4 Å². The molecule has 2 aromatic rings. The van der Waals surface area contributed by atoms with E-state index in [1.165, 1.54) is 7.11 Å². The topological polar surface area (TPSA) is 91.4 Å². The second-order valence-electron chi connectivity index (χ2n) is 5.93. The maximum atomic E-state index is 12.4. The molecule has 1 atom stereocenters. The van der Waals surface area contributed by atoms with Crippen molar-refractivity contribution in [1.29, 1.82) is 5.41 Å². The number of carbonyl (C=O) groups is 1. The molecule has 0 saturated heterocycles. The van der Waals surface area contributed by atoms with Gasteiger partial charge in [-0.2, -0.15) is 0 Å². The van der Waals surface area contributed by atoms with Crippen molar-refractivity contribution >= 4 is 29.8 Å². The van der Waals surface area contributed by atoms with Crippen LogP contribution in [0.25, 0.3) is 0 Å². The summed E-state index contributed by atoms with van der Waals surface area (Å²) in [4.78, 5) is 14.4. The van der Waals surface area contributed by atoms with Crippen molar-refractivity contribution in [3.63, 3.8) is 0 Å². The van der Waals surface area contributed by atoms with Crippen LogP contribution in [-0.4, -0.2) is 32.9 Å². The van der Waals surface area contributed by atoms with Crippen LogP contribution in [0.15, 0.2) is 48.5 Å². The number of ether oxygens (including phenoxy) is 1. The third-order valence-electron chi connectivity index (χ3n) is 3.92. The Hall–Kier alpha value is -2.57. The SMILES string of the molecule is CO[C@H](C(=O)NCc1ccc(C(=N)N)cc1)c1ccc(N(C)C)cc1.Cl. The number of amidine groups is 1. The number of rotatable bonds is 7. The predicted molar refractivity (Wildman–Crippen MR) is 107 cm³/mol. The Bertz CT molecular complexity index is 730. The summed E-state index contributed by atoms with van der Waals surface area (Å²) in [6, 6.07) is 14.9. The molecule has 0 fully saturated rings. The van der Waals surface area contributed by atoms with Gasteiger partial charge in [-0.05, 0) is 23.3 Å². The van der Waals surface area contributed by atoms with Gasteiger partial charge in [-0.25, -0.2) is 0 Å². The van der Waals surface area contributed by atoms with Crippen LogP contribution in [0.5, 0.6) is 0 Å². The van der Waals surface area contributed by atoms with Gasteiger partial charge in [0.15, 0.2) is 6.10 Å². The Morgan fingerprint density at radius 2 is 1.73 bits per heavy atom. The highest BCUT2D eigenvalue weighted by atomic mass is 35.5. The van der Waals surface area contributed by atoms with E-state index in [4.69, 9.17) is 15.9 Å². The number of nitrogens with one attached hydrogen (secondary N) is 2. The molecule has 0 saturated carbocycles. The van der Waals surface area contributed by atoms with Crippen molar-refractivity contribution < 1.29 is 9.53 Å². The minimum absolute atomic E-state index is 0. The molecule has 0 aliphatic rings. The molecule has 2 rings (SSSR count). The standard InChI is InChI=1S/C19H24N4O2.ClH/c1-23(2)16-10-8-14(9-11-16)17(25-3)19(24)22-12-13-4-6-15(7-5-13)18(20)21;/h4-11,17H,12H2,1-3H3,(H3,20,21)(H,22,24);1H/t17-;/m0./s1. The van der Waals surface area contributed by atoms with Crippen molar-refractivity contribution in [3.05, 3.63) is 65.2 Å². The summed E-state index contributed by atoms with van der Waals surface area (Å²) in [6.45, 7) is 0.382. The Morgan fingerprint density at radius 1 is 1.15 bits per heavy atom. The molecule has 0 radical (unpaired) electrons. The molecule has 1 amide bonds. The van der Waals surface area contributed by atoms with E-state index in [9.17, 15) is 4.79 Å². The molecule has 140 valence electrons. The van der Waals surface area contributed by atoms with Gasteiger partial charge in [0.1, 0.15) is 5.84 Å². The third kappa shape index (κ3) is 5.47. The average Bonchev–Trinajstić information content (AvgIpc) is 2.61. The molecule has 0 aliphatic carbocycles. The van der Waals surface area contributed by atoms with Gasteiger partial charge in [-0.3, -0.25) is 10.2 Å². The van der Waals surface area contributed by atoms with E-state index in [2.05, 4.69) is 5.32 Å². The van der Waals surface area contributed by atoms with Crippen molar-refractivity contribution in [2.45, 2.75) is 12.6 Å². The summed E-state index contributed by atoms with van der Waals surface area (Å²) in [5.74, 6) is -0.174. The van der Waals surface area contributed by atoms with E-state index in [0.717, 1.165) is 16.8 Å². The molecule has 2 aromatic carbocycles. The van der Waals surface area contributed by atoms with Crippen molar-refractivity contribution in [2.24, 2.45) is 5.73 Å². The summed E-state index contributed by atoms with van der Waals surface area (Å²) >= 11 is 0. The number of nitrogens with two attached hydrogens (primary N) is 1. The fraction of sp³-hybridized carbons (Fsp3) is 0.263. The number of carbonyl (C=O) groups excluding carboxylic acids is 1. The van der Waals surface area contributed by atoms with Gasteiger partial charge in [0.05, 0.1) is 0 Å². The van der Waals surface area contributed by atoms with Crippen LogP contribution in [-0.2, 0) is 16.1 Å². The summed E-state index contributed by atoms with van der Waals surface area (Å²) in [6.07, 6.45) is -0.660. The van der Waals surface area contributed by atoms with Crippen LogP contribution in [0.4, 0.5) is 5.69 Å². The number of benzene rings is 2. The van der Waals surface area contributed by atoms with Gasteiger partial charge >= 0.3 is 0 Å². The van der Waals surface area contributed by atoms with E-state index < -0.39 is 6.10 Å². The average molecular weight is 377 g/mol. The molecule has 0 spiro atoms. The lowest BCUT2D eigenvalue weighted by Crippen LogP contribution is -2.30. The van der Waals surface area contributed by atoms with E-state index in [1.807, 2.05) is 55.4 Å². The summed E-state index contributed by atoms with van der Waals surface area (Å²) < 4.78 is 5.37. The highest BCUT2D eigenvalue weighted by Crippen LogP contribution is 2.20. The summed E-state index contributed by atoms with van der Waals surface area (Å²) in [7, 11) is 5.45. The van der Waals surface area contributed by atoms with Gasteiger partial charge in [0, 0.05) is 39.0 Å². The number of amides is 1. The van der Waals surface area contributed by atoms with Crippen LogP contribution in [0.3, 0.4) is 0 Å². The zero-order valence-corrected chi connectivity index (χ0v) is 16.0. The van der Waals surface area contributed by atoms with Crippen LogP contribution in [0.1, 0.15) is 22.8 Å². The molecular weight excluding hydrogens is 352 g/mol. The first-order valence-corrected chi connectivity index (χ1v) is 7.93. The van der Waals surface area contributed by atoms with Crippen LogP contribution < -0.4 is 16.0 Å². The lowest BCUT2D eigenvalue weighted by Gasteiger charge is -2.18. The molecular formula is C19H25ClN4O2. The number of anilines is 1. The molecule has 0 heterocycles. The van der Waals surface area contributed by atoms with E-state index >= 15 is 0 Å². The molecule has 4 N–H and O–H groups in total. The van der Waals surface area contributed by atoms with Crippen LogP contribution in [0.2, 0.25) is 0 Å². The number of hydrogen-bond acceptors (Lipinski definition) is 4. The quantitative estimate of drug-likeness (QED) is 0.511. The molecule has 0 unspecified atom stereocenters. The maximum Gasteiger partial charge on any atom is 0.254 e. The molecule has 6 nitrogen and oxygen atoms in total. The summed E-state index contributed by atoms with van der Waals surface area (Å²) in [5.41, 5.74) is 8.88. The Morgan fingerprint density at radius 3 is 2.19 bits per heavy atom. The fourth-order valence-corrected chi connectivity index (χ4v) is 2.43. The smallest absolute Gasteiger partial charge is 0.254 e. The Labute approximate surface area is 160 Å². The van der Waals surface area contributed by atoms with Gasteiger partial charge in [0.25, 0.3) is 5.91 Å². The van der Waals surface area contributed by atoms with E-state index in [-0.39, 0.29) is 24.1 Å². The molecule has 7 heteroatoms. The molecule has 0 aliphatic heterocycles. The molecule has 0 bridgehead atoms. The number of hydrogen-bond donors (Lipinski definition) is 3. The Kier molecular flexibility index (Phi) is 8.09. The Balaban J connectivity index is 0.00000338. The molecule has 26 heavy (non-hydrogen) atoms. The minimum Gasteiger partial charge on any atom is -0.384 e. The zero-order valence-electron chi connectivity index (χ0n) is 15.2. The lowest BCUT2D eigenvalue weighted by molar-refractivity contribution is -0.131. The van der Waals surface area contributed by atoms with Crippen molar-refractivity contribution in [3.8, 4) is 0 Å². The van der Waals surface area contributed by atoms with Crippen LogP contribution in [0, 0.1) is 5.41 Å². The van der Waals surface area contributed by atoms with Crippen molar-refractivity contribution in [2.75, 3.05) is 26.1 Å². The third-order valence-corrected chi connectivity index (χ3v) is 3.92. The monoisotopic (exact) mass is 376 g/mol. The number of nitrogen functional groups attached to an aromatic ring is 1. The van der Waals surface area contributed by atoms with E-state index in [1.54, 1.807) is 12.1 Å². The minimum atomic E-state index is -0.660. The highest BCUT2D eigenvalue weighted by molar-refractivity contribution is 5.94. The predicted octanol–water partition coefficient (Wildman–Crippen LogP) is 2.46. The van der Waals surface area contributed by atoms with Gasteiger partial charge < -0.3 is 20.7 Å². The normalized spacial score (nSPS) is 11.2. The number of nitrogens with zero attached hydrogens (tertiary/aromatic N) is 1. The van der Waals surface area contributed by atoms with Crippen LogP contribution >= 0.6 is 12.4 Å². The lowest BCUT2D eigenvalue weighted by atomic mass is 10.1. The van der Waals surface area contributed by atoms with E-state index in [0.29, 0.717) is 12.1 Å². The summed E-state index contributed by atoms with van der Waals surface area (Å²) in [5, 5.41) is 10.3. The zero-order chi connectivity index (χ0) is 18.4. The number of halogens is 1. The maximum absolute atomic E-state index is 12.4.